The number of ether oxygens (including phenoxy) is 2. The summed E-state index contributed by atoms with van der Waals surface area (Å²) in [5.74, 6) is 1.19. The summed E-state index contributed by atoms with van der Waals surface area (Å²) in [5.41, 5.74) is 6.43. The second-order valence-electron chi connectivity index (χ2n) is 3.52. The number of hydrogen-bond acceptors (Lipinski definition) is 6. The van der Waals surface area contributed by atoms with Crippen LogP contribution in [0.1, 0.15) is 0 Å². The maximum atomic E-state index is 8.57. The van der Waals surface area contributed by atoms with E-state index in [1.165, 1.54) is 0 Å². The van der Waals surface area contributed by atoms with Crippen molar-refractivity contribution in [2.75, 3.05) is 51.2 Å². The summed E-state index contributed by atoms with van der Waals surface area (Å²) in [5, 5.41) is 8.57. The van der Waals surface area contributed by atoms with E-state index in [-0.39, 0.29) is 6.61 Å². The highest BCUT2D eigenvalue weighted by atomic mass is 16.5. The highest BCUT2D eigenvalue weighted by Gasteiger charge is 2.08. The van der Waals surface area contributed by atoms with E-state index in [1.807, 2.05) is 11.9 Å². The van der Waals surface area contributed by atoms with Crippen LogP contribution in [0.15, 0.2) is 12.1 Å². The summed E-state index contributed by atoms with van der Waals surface area (Å²) in [6, 6.07) is 3.47. The number of aliphatic hydroxyl groups is 1. The molecular weight excluding hydrogens is 222 g/mol. The molecule has 0 unspecified atom stereocenters. The van der Waals surface area contributed by atoms with Crippen LogP contribution in [-0.2, 0) is 4.74 Å². The molecule has 17 heavy (non-hydrogen) atoms. The Labute approximate surface area is 101 Å². The zero-order chi connectivity index (χ0) is 12.7. The van der Waals surface area contributed by atoms with Gasteiger partial charge < -0.3 is 25.2 Å². The lowest BCUT2D eigenvalue weighted by Gasteiger charge is -2.20. The van der Waals surface area contributed by atoms with E-state index < -0.39 is 0 Å². The molecule has 0 radical (unpaired) electrons. The molecule has 0 atom stereocenters. The number of nitrogens with zero attached hydrogens (tertiary/aromatic N) is 2. The van der Waals surface area contributed by atoms with E-state index in [1.54, 1.807) is 19.2 Å². The molecule has 0 saturated carbocycles. The van der Waals surface area contributed by atoms with Gasteiger partial charge in [0.05, 0.1) is 32.6 Å². The van der Waals surface area contributed by atoms with Crippen LogP contribution in [0.25, 0.3) is 0 Å². The third-order valence-electron chi connectivity index (χ3n) is 2.26. The lowest BCUT2D eigenvalue weighted by atomic mass is 10.3. The largest absolute Gasteiger partial charge is 0.481 e. The van der Waals surface area contributed by atoms with E-state index in [0.717, 1.165) is 0 Å². The number of likely N-dealkylation sites (N-methyl/N-ethyl adjacent to an activating group) is 1. The summed E-state index contributed by atoms with van der Waals surface area (Å²) >= 11 is 0. The number of rotatable bonds is 7. The van der Waals surface area contributed by atoms with Gasteiger partial charge in [-0.1, -0.05) is 0 Å². The number of nitrogens with two attached hydrogens (primary N) is 1. The van der Waals surface area contributed by atoms with Crippen molar-refractivity contribution in [1.29, 1.82) is 0 Å². The fourth-order valence-electron chi connectivity index (χ4n) is 1.34. The molecule has 6 nitrogen and oxygen atoms in total. The minimum atomic E-state index is 0.0310. The number of hydrogen-bond donors (Lipinski definition) is 2. The Morgan fingerprint density at radius 1 is 1.41 bits per heavy atom. The van der Waals surface area contributed by atoms with E-state index in [2.05, 4.69) is 4.98 Å². The zero-order valence-electron chi connectivity index (χ0n) is 10.2. The second-order valence-corrected chi connectivity index (χ2v) is 3.52. The molecule has 0 amide bonds. The lowest BCUT2D eigenvalue weighted by Crippen LogP contribution is -2.25. The summed E-state index contributed by atoms with van der Waals surface area (Å²) in [7, 11) is 3.44. The number of aromatic nitrogens is 1. The Hall–Kier alpha value is -1.53. The molecule has 0 saturated heterocycles. The quantitative estimate of drug-likeness (QED) is 0.660. The van der Waals surface area contributed by atoms with Gasteiger partial charge in [0.2, 0.25) is 5.88 Å². The van der Waals surface area contributed by atoms with E-state index in [9.17, 15) is 0 Å². The summed E-state index contributed by atoms with van der Waals surface area (Å²) in [6.45, 7) is 1.53. The van der Waals surface area contributed by atoms with Gasteiger partial charge in [-0.3, -0.25) is 0 Å². The molecule has 3 N–H and O–H groups in total. The molecule has 0 aromatic carbocycles. The van der Waals surface area contributed by atoms with Crippen molar-refractivity contribution in [2.45, 2.75) is 0 Å². The molecule has 1 aromatic heterocycles. The zero-order valence-corrected chi connectivity index (χ0v) is 10.2. The number of anilines is 2. The molecule has 6 heteroatoms. The van der Waals surface area contributed by atoms with Gasteiger partial charge in [-0.05, 0) is 6.07 Å². The summed E-state index contributed by atoms with van der Waals surface area (Å²) in [6.07, 6.45) is 0. The molecular formula is C11H19N3O3. The first-order valence-electron chi connectivity index (χ1n) is 5.39. The Morgan fingerprint density at radius 2 is 2.18 bits per heavy atom. The Morgan fingerprint density at radius 3 is 2.82 bits per heavy atom. The topological polar surface area (TPSA) is 80.8 Å². The third kappa shape index (κ3) is 4.08. The summed E-state index contributed by atoms with van der Waals surface area (Å²) in [4.78, 5) is 6.15. The van der Waals surface area contributed by atoms with Crippen molar-refractivity contribution in [3.8, 4) is 5.88 Å². The number of pyridine rings is 1. The Balaban J connectivity index is 2.57. The fourth-order valence-corrected chi connectivity index (χ4v) is 1.34. The van der Waals surface area contributed by atoms with Crippen LogP contribution in [0.2, 0.25) is 0 Å². The van der Waals surface area contributed by atoms with Gasteiger partial charge in [-0.25, -0.2) is 0 Å². The third-order valence-corrected chi connectivity index (χ3v) is 2.26. The molecule has 96 valence electrons. The average molecular weight is 241 g/mol. The van der Waals surface area contributed by atoms with Gasteiger partial charge >= 0.3 is 0 Å². The molecule has 0 spiro atoms. The molecule has 0 aliphatic rings. The van der Waals surface area contributed by atoms with Gasteiger partial charge in [0.25, 0.3) is 0 Å². The monoisotopic (exact) mass is 241 g/mol. The molecule has 1 heterocycles. The average Bonchev–Trinajstić information content (AvgIpc) is 2.35. The normalized spacial score (nSPS) is 10.3. The number of nitrogen functional groups attached to an aromatic ring is 1. The summed E-state index contributed by atoms with van der Waals surface area (Å²) < 4.78 is 10.2. The van der Waals surface area contributed by atoms with Crippen molar-refractivity contribution >= 4 is 11.5 Å². The first kappa shape index (κ1) is 13.5. The molecule has 1 aromatic rings. The standard InChI is InChI=1S/C11H19N3O3/c1-14(5-7-17-8-6-15)11-9(12)3-4-10(13-11)16-2/h3-4,15H,5-8,12H2,1-2H3. The second kappa shape index (κ2) is 6.93. The van der Waals surface area contributed by atoms with Crippen molar-refractivity contribution in [3.63, 3.8) is 0 Å². The Kier molecular flexibility index (Phi) is 5.51. The van der Waals surface area contributed by atoms with Crippen LogP contribution < -0.4 is 15.4 Å². The first-order valence-corrected chi connectivity index (χ1v) is 5.39. The van der Waals surface area contributed by atoms with Crippen molar-refractivity contribution < 1.29 is 14.6 Å². The van der Waals surface area contributed by atoms with E-state index >= 15 is 0 Å². The number of aliphatic hydroxyl groups excluding tert-OH is 1. The molecule has 0 bridgehead atoms. The van der Waals surface area contributed by atoms with Gasteiger partial charge in [0, 0.05) is 19.7 Å². The lowest BCUT2D eigenvalue weighted by molar-refractivity contribution is 0.0970. The van der Waals surface area contributed by atoms with Crippen molar-refractivity contribution in [2.24, 2.45) is 0 Å². The van der Waals surface area contributed by atoms with Crippen molar-refractivity contribution in [3.05, 3.63) is 12.1 Å². The predicted octanol–water partition coefficient (Wildman–Crippen LogP) is 0.117. The van der Waals surface area contributed by atoms with Gasteiger partial charge in [-0.2, -0.15) is 4.98 Å². The van der Waals surface area contributed by atoms with Crippen LogP contribution >= 0.6 is 0 Å². The van der Waals surface area contributed by atoms with Crippen LogP contribution in [-0.4, -0.2) is 50.6 Å². The molecule has 1 rings (SSSR count). The highest BCUT2D eigenvalue weighted by Crippen LogP contribution is 2.22. The minimum absolute atomic E-state index is 0.0310. The maximum absolute atomic E-state index is 8.57. The molecule has 0 fully saturated rings. The highest BCUT2D eigenvalue weighted by molar-refractivity contribution is 5.63. The first-order chi connectivity index (χ1) is 8.19. The van der Waals surface area contributed by atoms with Crippen LogP contribution in [0.5, 0.6) is 5.88 Å². The molecule has 0 aliphatic carbocycles. The van der Waals surface area contributed by atoms with Crippen molar-refractivity contribution in [1.82, 2.24) is 4.98 Å². The van der Waals surface area contributed by atoms with Crippen LogP contribution in [0, 0.1) is 0 Å². The maximum Gasteiger partial charge on any atom is 0.215 e. The fraction of sp³-hybridized carbons (Fsp3) is 0.545. The smallest absolute Gasteiger partial charge is 0.215 e. The predicted molar refractivity (Wildman–Crippen MR) is 66.4 cm³/mol. The minimum Gasteiger partial charge on any atom is -0.481 e. The SMILES string of the molecule is COc1ccc(N)c(N(C)CCOCCO)n1. The van der Waals surface area contributed by atoms with E-state index in [0.29, 0.717) is 37.1 Å². The Bertz CT molecular complexity index is 347. The van der Waals surface area contributed by atoms with Gasteiger partial charge in [0.1, 0.15) is 0 Å². The van der Waals surface area contributed by atoms with Crippen LogP contribution in [0.4, 0.5) is 11.5 Å². The van der Waals surface area contributed by atoms with Gasteiger partial charge in [-0.15, -0.1) is 0 Å². The van der Waals surface area contributed by atoms with Gasteiger partial charge in [0.15, 0.2) is 5.82 Å². The van der Waals surface area contributed by atoms with E-state index in [4.69, 9.17) is 20.3 Å². The van der Waals surface area contributed by atoms with Crippen LogP contribution in [0.3, 0.4) is 0 Å². The molecule has 0 aliphatic heterocycles. The number of methoxy groups -OCH3 is 1.